The lowest BCUT2D eigenvalue weighted by molar-refractivity contribution is -0.152. The molecule has 30 heavy (non-hydrogen) atoms. The molecule has 1 aliphatic heterocycles. The van der Waals surface area contributed by atoms with Crippen LogP contribution in [-0.4, -0.2) is 41.2 Å². The Kier molecular flexibility index (Phi) is 5.35. The SMILES string of the molecule is C[C@@H](C(=O)OCC(=O)N[C@H]1CCCc2ccccc21)N1C(=O)c2ccccc2C1=O. The van der Waals surface area contributed by atoms with Crippen LogP contribution in [0, 0.1) is 0 Å². The predicted octanol–water partition coefficient (Wildman–Crippen LogP) is 2.41. The van der Waals surface area contributed by atoms with Gasteiger partial charge in [-0.1, -0.05) is 36.4 Å². The second kappa shape index (κ2) is 8.10. The van der Waals surface area contributed by atoms with Gasteiger partial charge in [0.2, 0.25) is 0 Å². The molecule has 0 spiro atoms. The summed E-state index contributed by atoms with van der Waals surface area (Å²) in [7, 11) is 0. The van der Waals surface area contributed by atoms with Crippen LogP contribution in [0.15, 0.2) is 48.5 Å². The number of esters is 1. The molecule has 2 aliphatic rings. The number of carbonyl (C=O) groups is 4. The number of nitrogens with zero attached hydrogens (tertiary/aromatic N) is 1. The summed E-state index contributed by atoms with van der Waals surface area (Å²) >= 11 is 0. The summed E-state index contributed by atoms with van der Waals surface area (Å²) in [6.45, 7) is 0.949. The lowest BCUT2D eigenvalue weighted by atomic mass is 9.88. The van der Waals surface area contributed by atoms with Gasteiger partial charge in [-0.15, -0.1) is 0 Å². The second-order valence-electron chi connectivity index (χ2n) is 7.52. The van der Waals surface area contributed by atoms with Gasteiger partial charge in [0.05, 0.1) is 17.2 Å². The molecule has 1 aliphatic carbocycles. The summed E-state index contributed by atoms with van der Waals surface area (Å²) < 4.78 is 5.11. The van der Waals surface area contributed by atoms with Gasteiger partial charge in [-0.25, -0.2) is 4.79 Å². The highest BCUT2D eigenvalue weighted by atomic mass is 16.5. The molecule has 0 saturated carbocycles. The van der Waals surface area contributed by atoms with E-state index >= 15 is 0 Å². The van der Waals surface area contributed by atoms with Crippen molar-refractivity contribution in [3.63, 3.8) is 0 Å². The van der Waals surface area contributed by atoms with Crippen LogP contribution >= 0.6 is 0 Å². The van der Waals surface area contributed by atoms with Crippen LogP contribution in [0.5, 0.6) is 0 Å². The van der Waals surface area contributed by atoms with Crippen molar-refractivity contribution in [3.05, 3.63) is 70.8 Å². The summed E-state index contributed by atoms with van der Waals surface area (Å²) in [6, 6.07) is 13.1. The summed E-state index contributed by atoms with van der Waals surface area (Å²) in [5.41, 5.74) is 2.82. The fourth-order valence-corrected chi connectivity index (χ4v) is 4.06. The van der Waals surface area contributed by atoms with Crippen LogP contribution in [0.1, 0.15) is 57.7 Å². The monoisotopic (exact) mass is 406 g/mol. The molecule has 2 atom stereocenters. The van der Waals surface area contributed by atoms with E-state index in [1.54, 1.807) is 24.3 Å². The van der Waals surface area contributed by atoms with Gasteiger partial charge < -0.3 is 10.1 Å². The molecule has 2 aromatic carbocycles. The van der Waals surface area contributed by atoms with Crippen molar-refractivity contribution in [1.82, 2.24) is 10.2 Å². The first-order chi connectivity index (χ1) is 14.5. The van der Waals surface area contributed by atoms with Crippen molar-refractivity contribution >= 4 is 23.7 Å². The maximum absolute atomic E-state index is 12.5. The molecule has 0 saturated heterocycles. The van der Waals surface area contributed by atoms with E-state index in [-0.39, 0.29) is 17.2 Å². The number of ether oxygens (including phenoxy) is 1. The number of rotatable bonds is 5. The van der Waals surface area contributed by atoms with Crippen molar-refractivity contribution in [3.8, 4) is 0 Å². The average Bonchev–Trinajstić information content (AvgIpc) is 3.02. The van der Waals surface area contributed by atoms with E-state index in [0.29, 0.717) is 0 Å². The third kappa shape index (κ3) is 3.58. The standard InChI is InChI=1S/C23H22N2O5/c1-14(25-21(27)17-10-4-5-11-18(17)22(25)28)23(29)30-13-20(26)24-19-12-6-8-15-7-2-3-9-16(15)19/h2-5,7,9-11,14,19H,6,8,12-13H2,1H3,(H,24,26)/t14-,19-/m0/s1. The molecular weight excluding hydrogens is 384 g/mol. The minimum Gasteiger partial charge on any atom is -0.454 e. The van der Waals surface area contributed by atoms with E-state index in [2.05, 4.69) is 11.4 Å². The number of amides is 3. The fraction of sp³-hybridized carbons (Fsp3) is 0.304. The Hall–Kier alpha value is -3.48. The molecule has 0 unspecified atom stereocenters. The van der Waals surface area contributed by atoms with Gasteiger partial charge in [0, 0.05) is 0 Å². The van der Waals surface area contributed by atoms with Gasteiger partial charge >= 0.3 is 5.97 Å². The lowest BCUT2D eigenvalue weighted by Crippen LogP contribution is -2.44. The molecular formula is C23H22N2O5. The van der Waals surface area contributed by atoms with Crippen LogP contribution in [0.4, 0.5) is 0 Å². The first-order valence-electron chi connectivity index (χ1n) is 9.98. The molecule has 0 aromatic heterocycles. The van der Waals surface area contributed by atoms with E-state index < -0.39 is 36.3 Å². The molecule has 0 bridgehead atoms. The topological polar surface area (TPSA) is 92.8 Å². The number of hydrogen-bond acceptors (Lipinski definition) is 5. The molecule has 7 nitrogen and oxygen atoms in total. The first-order valence-corrected chi connectivity index (χ1v) is 9.98. The Morgan fingerprint density at radius 3 is 2.40 bits per heavy atom. The maximum atomic E-state index is 12.5. The van der Waals surface area contributed by atoms with Gasteiger partial charge in [-0.05, 0) is 49.4 Å². The number of nitrogens with one attached hydrogen (secondary N) is 1. The molecule has 154 valence electrons. The normalized spacial score (nSPS) is 18.4. The third-order valence-electron chi connectivity index (χ3n) is 5.60. The van der Waals surface area contributed by atoms with Crippen molar-refractivity contribution in [2.45, 2.75) is 38.3 Å². The highest BCUT2D eigenvalue weighted by molar-refractivity contribution is 6.22. The molecule has 7 heteroatoms. The van der Waals surface area contributed by atoms with Gasteiger partial charge in [0.1, 0.15) is 6.04 Å². The van der Waals surface area contributed by atoms with Crippen LogP contribution in [-0.2, 0) is 20.7 Å². The van der Waals surface area contributed by atoms with E-state index in [9.17, 15) is 19.2 Å². The number of hydrogen-bond donors (Lipinski definition) is 1. The fourth-order valence-electron chi connectivity index (χ4n) is 4.06. The van der Waals surface area contributed by atoms with Crippen molar-refractivity contribution in [2.75, 3.05) is 6.61 Å². The summed E-state index contributed by atoms with van der Waals surface area (Å²) in [5, 5.41) is 2.91. The summed E-state index contributed by atoms with van der Waals surface area (Å²) in [6.07, 6.45) is 2.77. The Balaban J connectivity index is 1.35. The molecule has 3 amide bonds. The second-order valence-corrected chi connectivity index (χ2v) is 7.52. The van der Waals surface area contributed by atoms with Crippen molar-refractivity contribution in [2.24, 2.45) is 0 Å². The molecule has 2 aromatic rings. The van der Waals surface area contributed by atoms with Gasteiger partial charge in [-0.2, -0.15) is 0 Å². The summed E-state index contributed by atoms with van der Waals surface area (Å²) in [4.78, 5) is 50.6. The van der Waals surface area contributed by atoms with Crippen LogP contribution < -0.4 is 5.32 Å². The molecule has 4 rings (SSSR count). The minimum atomic E-state index is -1.12. The van der Waals surface area contributed by atoms with Gasteiger partial charge in [0.25, 0.3) is 17.7 Å². The zero-order chi connectivity index (χ0) is 21.3. The van der Waals surface area contributed by atoms with E-state index in [1.165, 1.54) is 12.5 Å². The van der Waals surface area contributed by atoms with Gasteiger partial charge in [0.15, 0.2) is 6.61 Å². The van der Waals surface area contributed by atoms with E-state index in [1.807, 2.05) is 18.2 Å². The first kappa shape index (κ1) is 19.8. The zero-order valence-corrected chi connectivity index (χ0v) is 16.6. The van der Waals surface area contributed by atoms with E-state index in [4.69, 9.17) is 4.74 Å². The number of benzene rings is 2. The number of imide groups is 1. The number of fused-ring (bicyclic) bond motifs is 2. The molecule has 0 fully saturated rings. The Labute approximate surface area is 174 Å². The Morgan fingerprint density at radius 2 is 1.70 bits per heavy atom. The quantitative estimate of drug-likeness (QED) is 0.608. The van der Waals surface area contributed by atoms with Gasteiger partial charge in [-0.3, -0.25) is 19.3 Å². The molecule has 0 radical (unpaired) electrons. The Morgan fingerprint density at radius 1 is 1.07 bits per heavy atom. The predicted molar refractivity (Wildman–Crippen MR) is 108 cm³/mol. The Bertz CT molecular complexity index is 997. The zero-order valence-electron chi connectivity index (χ0n) is 16.6. The van der Waals surface area contributed by atoms with Crippen molar-refractivity contribution in [1.29, 1.82) is 0 Å². The molecule has 1 N–H and O–H groups in total. The highest BCUT2D eigenvalue weighted by Crippen LogP contribution is 2.29. The smallest absolute Gasteiger partial charge is 0.329 e. The third-order valence-corrected chi connectivity index (χ3v) is 5.60. The lowest BCUT2D eigenvalue weighted by Gasteiger charge is -2.26. The van der Waals surface area contributed by atoms with Crippen molar-refractivity contribution < 1.29 is 23.9 Å². The summed E-state index contributed by atoms with van der Waals surface area (Å²) in [5.74, 6) is -2.30. The average molecular weight is 406 g/mol. The highest BCUT2D eigenvalue weighted by Gasteiger charge is 2.41. The number of aryl methyl sites for hydroxylation is 1. The number of carbonyl (C=O) groups excluding carboxylic acids is 4. The van der Waals surface area contributed by atoms with Crippen LogP contribution in [0.25, 0.3) is 0 Å². The maximum Gasteiger partial charge on any atom is 0.329 e. The van der Waals surface area contributed by atoms with Crippen LogP contribution in [0.3, 0.4) is 0 Å². The molecule has 1 heterocycles. The largest absolute Gasteiger partial charge is 0.454 e. The van der Waals surface area contributed by atoms with E-state index in [0.717, 1.165) is 29.7 Å². The minimum absolute atomic E-state index is 0.116. The van der Waals surface area contributed by atoms with Crippen LogP contribution in [0.2, 0.25) is 0 Å².